The van der Waals surface area contributed by atoms with E-state index in [2.05, 4.69) is 176 Å². The number of hydrogen-bond donors (Lipinski definition) is 0. The zero-order valence-corrected chi connectivity index (χ0v) is 30.4. The molecule has 0 spiro atoms. The fourth-order valence-electron chi connectivity index (χ4n) is 9.09. The van der Waals surface area contributed by atoms with Gasteiger partial charge in [0.05, 0.1) is 16.8 Å². The van der Waals surface area contributed by atoms with Crippen LogP contribution in [-0.4, -0.2) is 9.97 Å². The van der Waals surface area contributed by atoms with Gasteiger partial charge in [0.2, 0.25) is 0 Å². The lowest BCUT2D eigenvalue weighted by Gasteiger charge is -2.33. The second-order valence-electron chi connectivity index (χ2n) is 14.4. The molecule has 56 heavy (non-hydrogen) atoms. The molecule has 0 saturated heterocycles. The Bertz CT molecular complexity index is 3040. The van der Waals surface area contributed by atoms with Crippen LogP contribution in [0.1, 0.15) is 22.3 Å². The molecule has 3 nitrogen and oxygen atoms in total. The van der Waals surface area contributed by atoms with Gasteiger partial charge < -0.3 is 4.42 Å². The third kappa shape index (κ3) is 4.84. The van der Waals surface area contributed by atoms with E-state index in [0.717, 1.165) is 61.1 Å². The summed E-state index contributed by atoms with van der Waals surface area (Å²) in [6.45, 7) is 0. The molecule has 3 heteroatoms. The van der Waals surface area contributed by atoms with Crippen LogP contribution in [0.5, 0.6) is 0 Å². The van der Waals surface area contributed by atoms with Crippen molar-refractivity contribution in [1.82, 2.24) is 9.97 Å². The first kappa shape index (κ1) is 32.1. The summed E-state index contributed by atoms with van der Waals surface area (Å²) in [6, 6.07) is 73.2. The first-order valence-corrected chi connectivity index (χ1v) is 19.1. The van der Waals surface area contributed by atoms with E-state index in [-0.39, 0.29) is 0 Å². The summed E-state index contributed by atoms with van der Waals surface area (Å²) in [5, 5.41) is 2.20. The van der Waals surface area contributed by atoms with Gasteiger partial charge in [-0.1, -0.05) is 188 Å². The van der Waals surface area contributed by atoms with E-state index in [0.29, 0.717) is 5.82 Å². The van der Waals surface area contributed by atoms with Gasteiger partial charge >= 0.3 is 0 Å². The smallest absolute Gasteiger partial charge is 0.160 e. The van der Waals surface area contributed by atoms with Crippen molar-refractivity contribution in [2.45, 2.75) is 5.41 Å². The zero-order chi connectivity index (χ0) is 37.1. The molecule has 1 aliphatic carbocycles. The molecule has 0 bridgehead atoms. The molecule has 1 aliphatic rings. The summed E-state index contributed by atoms with van der Waals surface area (Å²) in [5.74, 6) is 0.682. The van der Waals surface area contributed by atoms with Crippen LogP contribution < -0.4 is 0 Å². The Morgan fingerprint density at radius 3 is 1.64 bits per heavy atom. The van der Waals surface area contributed by atoms with Crippen LogP contribution >= 0.6 is 0 Å². The highest BCUT2D eigenvalue weighted by atomic mass is 16.3. The minimum absolute atomic E-state index is 0.513. The standard InChI is InChI=1S/C53H34N2O/c1-4-18-35(19-5-1)52-54-46(39-25-11-10-24-38(39)40-28-17-33-49-51(40)43-27-13-15-32-48(43)56-49)34-47(55-52)42-29-16-31-45-50(42)41-26-12-14-30-44(41)53(45,36-20-6-2-7-21-36)37-22-8-3-9-23-37/h1-34H. The molecule has 0 radical (unpaired) electrons. The lowest BCUT2D eigenvalue weighted by atomic mass is 9.67. The summed E-state index contributed by atoms with van der Waals surface area (Å²) in [7, 11) is 0. The summed E-state index contributed by atoms with van der Waals surface area (Å²) in [4.78, 5) is 10.7. The first-order chi connectivity index (χ1) is 27.8. The highest BCUT2D eigenvalue weighted by molar-refractivity contribution is 6.13. The summed E-state index contributed by atoms with van der Waals surface area (Å²) < 4.78 is 6.34. The van der Waals surface area contributed by atoms with Gasteiger partial charge in [0.1, 0.15) is 11.2 Å². The van der Waals surface area contributed by atoms with E-state index in [1.54, 1.807) is 0 Å². The SMILES string of the molecule is c1ccc(-c2nc(-c3ccccc3-c3cccc4oc5ccccc5c34)cc(-c3cccc4c3-c3ccccc3C4(c3ccccc3)c3ccccc3)n2)cc1. The largest absolute Gasteiger partial charge is 0.456 e. The van der Waals surface area contributed by atoms with Crippen molar-refractivity contribution < 1.29 is 4.42 Å². The van der Waals surface area contributed by atoms with Crippen molar-refractivity contribution in [3.63, 3.8) is 0 Å². The van der Waals surface area contributed by atoms with Crippen molar-refractivity contribution in [3.05, 3.63) is 229 Å². The number of fused-ring (bicyclic) bond motifs is 6. The quantitative estimate of drug-likeness (QED) is 0.172. The van der Waals surface area contributed by atoms with Crippen LogP contribution in [0.15, 0.2) is 211 Å². The van der Waals surface area contributed by atoms with Crippen molar-refractivity contribution in [2.75, 3.05) is 0 Å². The lowest BCUT2D eigenvalue weighted by Crippen LogP contribution is -2.28. The van der Waals surface area contributed by atoms with Gasteiger partial charge in [-0.25, -0.2) is 9.97 Å². The highest BCUT2D eigenvalue weighted by Gasteiger charge is 2.46. The van der Waals surface area contributed by atoms with E-state index >= 15 is 0 Å². The number of para-hydroxylation sites is 1. The normalized spacial score (nSPS) is 12.8. The molecule has 0 saturated carbocycles. The Kier molecular flexibility index (Phi) is 7.39. The second-order valence-corrected chi connectivity index (χ2v) is 14.4. The third-order valence-corrected chi connectivity index (χ3v) is 11.4. The Hall–Kier alpha value is -7.36. The molecular formula is C53H34N2O. The van der Waals surface area contributed by atoms with Gasteiger partial charge in [0.25, 0.3) is 0 Å². The van der Waals surface area contributed by atoms with Crippen molar-refractivity contribution in [2.24, 2.45) is 0 Å². The highest BCUT2D eigenvalue weighted by Crippen LogP contribution is 2.58. The van der Waals surface area contributed by atoms with E-state index < -0.39 is 5.41 Å². The molecule has 0 aliphatic heterocycles. The van der Waals surface area contributed by atoms with Crippen molar-refractivity contribution >= 4 is 21.9 Å². The molecule has 11 rings (SSSR count). The first-order valence-electron chi connectivity index (χ1n) is 19.1. The van der Waals surface area contributed by atoms with Crippen LogP contribution in [0, 0.1) is 0 Å². The van der Waals surface area contributed by atoms with E-state index in [1.165, 1.54) is 33.4 Å². The molecular weight excluding hydrogens is 681 g/mol. The average Bonchev–Trinajstić information content (AvgIpc) is 3.81. The molecule has 0 fully saturated rings. The Balaban J connectivity index is 1.19. The molecule has 0 N–H and O–H groups in total. The van der Waals surface area contributed by atoms with Crippen LogP contribution in [-0.2, 0) is 5.41 Å². The van der Waals surface area contributed by atoms with Gasteiger partial charge in [-0.2, -0.15) is 0 Å². The summed E-state index contributed by atoms with van der Waals surface area (Å²) in [6.07, 6.45) is 0. The van der Waals surface area contributed by atoms with Crippen LogP contribution in [0.2, 0.25) is 0 Å². The Morgan fingerprint density at radius 1 is 0.375 bits per heavy atom. The van der Waals surface area contributed by atoms with Gasteiger partial charge in [-0.3, -0.25) is 0 Å². The van der Waals surface area contributed by atoms with Gasteiger partial charge in [0.15, 0.2) is 5.82 Å². The molecule has 2 heterocycles. The van der Waals surface area contributed by atoms with Crippen LogP contribution in [0.4, 0.5) is 0 Å². The molecule has 10 aromatic rings. The summed E-state index contributed by atoms with van der Waals surface area (Å²) >= 11 is 0. The zero-order valence-electron chi connectivity index (χ0n) is 30.4. The monoisotopic (exact) mass is 714 g/mol. The number of rotatable bonds is 6. The summed E-state index contributed by atoms with van der Waals surface area (Å²) in [5.41, 5.74) is 15.6. The Morgan fingerprint density at radius 2 is 0.893 bits per heavy atom. The number of hydrogen-bond acceptors (Lipinski definition) is 3. The predicted molar refractivity (Wildman–Crippen MR) is 228 cm³/mol. The minimum atomic E-state index is -0.513. The molecule has 0 atom stereocenters. The van der Waals surface area contributed by atoms with Crippen molar-refractivity contribution in [1.29, 1.82) is 0 Å². The molecule has 0 amide bonds. The maximum absolute atomic E-state index is 6.34. The number of furan rings is 1. The van der Waals surface area contributed by atoms with Gasteiger partial charge in [0, 0.05) is 27.5 Å². The predicted octanol–water partition coefficient (Wildman–Crippen LogP) is 13.4. The maximum atomic E-state index is 6.34. The molecule has 8 aromatic carbocycles. The number of aromatic nitrogens is 2. The van der Waals surface area contributed by atoms with Gasteiger partial charge in [-0.05, 0) is 62.7 Å². The van der Waals surface area contributed by atoms with Crippen LogP contribution in [0.25, 0.3) is 78.1 Å². The van der Waals surface area contributed by atoms with E-state index in [9.17, 15) is 0 Å². The van der Waals surface area contributed by atoms with Gasteiger partial charge in [-0.15, -0.1) is 0 Å². The minimum Gasteiger partial charge on any atom is -0.456 e. The molecule has 2 aromatic heterocycles. The third-order valence-electron chi connectivity index (χ3n) is 11.4. The topological polar surface area (TPSA) is 38.9 Å². The number of benzene rings is 8. The maximum Gasteiger partial charge on any atom is 0.160 e. The Labute approximate surface area is 325 Å². The van der Waals surface area contributed by atoms with Crippen LogP contribution in [0.3, 0.4) is 0 Å². The second kappa shape index (κ2) is 12.9. The molecule has 262 valence electrons. The fourth-order valence-corrected chi connectivity index (χ4v) is 9.09. The van der Waals surface area contributed by atoms with Crippen molar-refractivity contribution in [3.8, 4) is 56.2 Å². The number of nitrogens with zero attached hydrogens (tertiary/aromatic N) is 2. The van der Waals surface area contributed by atoms with E-state index in [4.69, 9.17) is 14.4 Å². The molecule has 0 unspecified atom stereocenters. The van der Waals surface area contributed by atoms with E-state index in [1.807, 2.05) is 30.3 Å². The lowest BCUT2D eigenvalue weighted by molar-refractivity contribution is 0.669. The fraction of sp³-hybridized carbons (Fsp3) is 0.0189. The average molecular weight is 715 g/mol.